The molecule has 1 heterocycles. The summed E-state index contributed by atoms with van der Waals surface area (Å²) in [6, 6.07) is 0. The lowest BCUT2D eigenvalue weighted by atomic mass is 9.89. The zero-order valence-electron chi connectivity index (χ0n) is 10.4. The number of nitrogens with zero attached hydrogens (tertiary/aromatic N) is 1. The van der Waals surface area contributed by atoms with Crippen molar-refractivity contribution in [2.24, 2.45) is 17.8 Å². The molecule has 0 spiro atoms. The summed E-state index contributed by atoms with van der Waals surface area (Å²) in [6.07, 6.45) is 0. The zero-order valence-corrected chi connectivity index (χ0v) is 11.2. The molecule has 17 heavy (non-hydrogen) atoms. The Labute approximate surface area is 102 Å². The molecule has 0 amide bonds. The minimum Gasteiger partial charge on any atom is -0.481 e. The van der Waals surface area contributed by atoms with E-state index in [0.29, 0.717) is 19.6 Å². The van der Waals surface area contributed by atoms with E-state index in [-0.39, 0.29) is 11.8 Å². The Kier molecular flexibility index (Phi) is 4.51. The van der Waals surface area contributed by atoms with Crippen molar-refractivity contribution in [3.05, 3.63) is 0 Å². The van der Waals surface area contributed by atoms with E-state index >= 15 is 0 Å². The van der Waals surface area contributed by atoms with Gasteiger partial charge in [0.1, 0.15) is 0 Å². The summed E-state index contributed by atoms with van der Waals surface area (Å²) in [5.74, 6) is -1.20. The van der Waals surface area contributed by atoms with Crippen molar-refractivity contribution >= 4 is 16.2 Å². The number of hydrogen-bond donors (Lipinski definition) is 2. The standard InChI is InChI=1S/C10H20N2O4S/c1-7(2)4-11-17(15,16)12-5-9(6-12)8(3)10(13)14/h7-9,11H,4-6H2,1-3H3,(H,13,14). The van der Waals surface area contributed by atoms with E-state index in [9.17, 15) is 13.2 Å². The third-order valence-corrected chi connectivity index (χ3v) is 4.50. The summed E-state index contributed by atoms with van der Waals surface area (Å²) < 4.78 is 27.2. The molecule has 0 aliphatic carbocycles. The van der Waals surface area contributed by atoms with E-state index in [1.54, 1.807) is 6.92 Å². The number of hydrogen-bond acceptors (Lipinski definition) is 3. The Morgan fingerprint density at radius 2 is 1.94 bits per heavy atom. The Balaban J connectivity index is 2.44. The van der Waals surface area contributed by atoms with E-state index in [2.05, 4.69) is 4.72 Å². The molecule has 1 unspecified atom stereocenters. The fraction of sp³-hybridized carbons (Fsp3) is 0.900. The average molecular weight is 264 g/mol. The van der Waals surface area contributed by atoms with Crippen molar-refractivity contribution in [1.29, 1.82) is 0 Å². The van der Waals surface area contributed by atoms with Crippen LogP contribution >= 0.6 is 0 Å². The molecular weight excluding hydrogens is 244 g/mol. The molecule has 0 bridgehead atoms. The first-order valence-corrected chi connectivity index (χ1v) is 7.15. The maximum absolute atomic E-state index is 11.7. The number of nitrogens with one attached hydrogen (secondary N) is 1. The molecule has 0 radical (unpaired) electrons. The number of carboxylic acid groups (broad SMARTS) is 1. The number of carboxylic acids is 1. The topological polar surface area (TPSA) is 86.7 Å². The first-order valence-electron chi connectivity index (χ1n) is 5.71. The minimum atomic E-state index is -3.42. The normalized spacial score (nSPS) is 20.2. The van der Waals surface area contributed by atoms with Crippen LogP contribution in [0.25, 0.3) is 0 Å². The van der Waals surface area contributed by atoms with Gasteiger partial charge in [0.2, 0.25) is 0 Å². The summed E-state index contributed by atoms with van der Waals surface area (Å²) in [4.78, 5) is 10.7. The monoisotopic (exact) mass is 264 g/mol. The fourth-order valence-electron chi connectivity index (χ4n) is 1.55. The molecule has 1 atom stereocenters. The smallest absolute Gasteiger partial charge is 0.306 e. The van der Waals surface area contributed by atoms with Crippen molar-refractivity contribution in [1.82, 2.24) is 9.03 Å². The Morgan fingerprint density at radius 3 is 2.35 bits per heavy atom. The first kappa shape index (κ1) is 14.4. The SMILES string of the molecule is CC(C)CNS(=O)(=O)N1CC(C(C)C(=O)O)C1. The molecule has 1 rings (SSSR count). The van der Waals surface area contributed by atoms with Crippen LogP contribution in [0.15, 0.2) is 0 Å². The highest BCUT2D eigenvalue weighted by Crippen LogP contribution is 2.25. The Bertz CT molecular complexity index is 374. The third-order valence-electron chi connectivity index (χ3n) is 2.99. The summed E-state index contributed by atoms with van der Waals surface area (Å²) in [6.45, 7) is 6.44. The van der Waals surface area contributed by atoms with Gasteiger partial charge < -0.3 is 5.11 Å². The molecule has 0 aromatic carbocycles. The largest absolute Gasteiger partial charge is 0.481 e. The van der Waals surface area contributed by atoms with Crippen LogP contribution in [0.5, 0.6) is 0 Å². The van der Waals surface area contributed by atoms with Crippen LogP contribution in [0.4, 0.5) is 0 Å². The highest BCUT2D eigenvalue weighted by Gasteiger charge is 2.40. The molecule has 0 saturated carbocycles. The van der Waals surface area contributed by atoms with Crippen molar-refractivity contribution in [2.75, 3.05) is 19.6 Å². The second kappa shape index (κ2) is 5.32. The maximum atomic E-state index is 11.7. The van der Waals surface area contributed by atoms with Crippen molar-refractivity contribution in [3.8, 4) is 0 Å². The average Bonchev–Trinajstić information content (AvgIpc) is 2.11. The molecule has 1 fully saturated rings. The lowest BCUT2D eigenvalue weighted by Crippen LogP contribution is -2.56. The van der Waals surface area contributed by atoms with Gasteiger partial charge in [-0.3, -0.25) is 4.79 Å². The number of carbonyl (C=O) groups is 1. The van der Waals surface area contributed by atoms with Crippen LogP contribution in [0.2, 0.25) is 0 Å². The predicted octanol–water partition coefficient (Wildman–Crippen LogP) is 0.129. The first-order chi connectivity index (χ1) is 7.74. The van der Waals surface area contributed by atoms with E-state index < -0.39 is 22.1 Å². The molecule has 1 saturated heterocycles. The molecule has 2 N–H and O–H groups in total. The lowest BCUT2D eigenvalue weighted by Gasteiger charge is -2.39. The second-order valence-corrected chi connectivity index (χ2v) is 6.71. The highest BCUT2D eigenvalue weighted by molar-refractivity contribution is 7.87. The van der Waals surface area contributed by atoms with Crippen molar-refractivity contribution < 1.29 is 18.3 Å². The molecule has 1 aliphatic rings. The molecule has 0 aromatic heterocycles. The van der Waals surface area contributed by atoms with Crippen LogP contribution in [-0.2, 0) is 15.0 Å². The van der Waals surface area contributed by atoms with Crippen LogP contribution in [0, 0.1) is 17.8 Å². The van der Waals surface area contributed by atoms with Gasteiger partial charge in [-0.1, -0.05) is 20.8 Å². The molecule has 6 nitrogen and oxygen atoms in total. The lowest BCUT2D eigenvalue weighted by molar-refractivity contribution is -0.144. The highest BCUT2D eigenvalue weighted by atomic mass is 32.2. The van der Waals surface area contributed by atoms with Gasteiger partial charge in [-0.2, -0.15) is 12.7 Å². The van der Waals surface area contributed by atoms with Crippen LogP contribution in [0.3, 0.4) is 0 Å². The van der Waals surface area contributed by atoms with Gasteiger partial charge in [-0.15, -0.1) is 0 Å². The Hall–Kier alpha value is -0.660. The van der Waals surface area contributed by atoms with Gasteiger partial charge in [0.05, 0.1) is 5.92 Å². The van der Waals surface area contributed by atoms with E-state index in [1.165, 1.54) is 4.31 Å². The van der Waals surface area contributed by atoms with Crippen LogP contribution in [0.1, 0.15) is 20.8 Å². The third kappa shape index (κ3) is 3.65. The molecule has 1 aliphatic heterocycles. The second-order valence-electron chi connectivity index (χ2n) is 4.95. The van der Waals surface area contributed by atoms with Gasteiger partial charge in [-0.05, 0) is 11.8 Å². The van der Waals surface area contributed by atoms with E-state index in [1.807, 2.05) is 13.8 Å². The Morgan fingerprint density at radius 1 is 1.41 bits per heavy atom. The van der Waals surface area contributed by atoms with Gasteiger partial charge in [0.25, 0.3) is 10.2 Å². The van der Waals surface area contributed by atoms with Gasteiger partial charge in [0, 0.05) is 19.6 Å². The summed E-state index contributed by atoms with van der Waals surface area (Å²) in [7, 11) is -3.42. The maximum Gasteiger partial charge on any atom is 0.306 e. The molecule has 100 valence electrons. The molecule has 0 aromatic rings. The fourth-order valence-corrected chi connectivity index (χ4v) is 3.05. The minimum absolute atomic E-state index is 0.0804. The number of rotatable bonds is 6. The summed E-state index contributed by atoms with van der Waals surface area (Å²) >= 11 is 0. The van der Waals surface area contributed by atoms with Gasteiger partial charge >= 0.3 is 5.97 Å². The summed E-state index contributed by atoms with van der Waals surface area (Å²) in [5.41, 5.74) is 0. The van der Waals surface area contributed by atoms with E-state index in [4.69, 9.17) is 5.11 Å². The predicted molar refractivity (Wildman–Crippen MR) is 63.6 cm³/mol. The van der Waals surface area contributed by atoms with Crippen LogP contribution < -0.4 is 4.72 Å². The quantitative estimate of drug-likeness (QED) is 0.714. The van der Waals surface area contributed by atoms with E-state index in [0.717, 1.165) is 0 Å². The van der Waals surface area contributed by atoms with Gasteiger partial charge in [0.15, 0.2) is 0 Å². The molecule has 7 heteroatoms. The van der Waals surface area contributed by atoms with Crippen molar-refractivity contribution in [3.63, 3.8) is 0 Å². The van der Waals surface area contributed by atoms with Crippen molar-refractivity contribution in [2.45, 2.75) is 20.8 Å². The van der Waals surface area contributed by atoms with Crippen LogP contribution in [-0.4, -0.2) is 43.4 Å². The van der Waals surface area contributed by atoms with Gasteiger partial charge in [-0.25, -0.2) is 4.72 Å². The number of aliphatic carboxylic acids is 1. The molecular formula is C10H20N2O4S. The zero-order chi connectivity index (χ0) is 13.2. The summed E-state index contributed by atoms with van der Waals surface area (Å²) in [5, 5.41) is 8.80.